The predicted octanol–water partition coefficient (Wildman–Crippen LogP) is 3.74. The molecule has 0 amide bonds. The molecule has 30 heavy (non-hydrogen) atoms. The highest BCUT2D eigenvalue weighted by Gasteiger charge is 2.23. The average molecular weight is 398 g/mol. The highest BCUT2D eigenvalue weighted by Crippen LogP contribution is 2.25. The summed E-state index contributed by atoms with van der Waals surface area (Å²) in [5.74, 6) is 1.40. The summed E-state index contributed by atoms with van der Waals surface area (Å²) in [7, 11) is 0. The smallest absolute Gasteiger partial charge is 0.150 e. The van der Waals surface area contributed by atoms with Crippen molar-refractivity contribution in [2.24, 2.45) is 0 Å². The van der Waals surface area contributed by atoms with Crippen LogP contribution in [0.2, 0.25) is 0 Å². The van der Waals surface area contributed by atoms with Gasteiger partial charge >= 0.3 is 0 Å². The Bertz CT molecular complexity index is 1130. The highest BCUT2D eigenvalue weighted by molar-refractivity contribution is 5.81. The van der Waals surface area contributed by atoms with Crippen molar-refractivity contribution < 1.29 is 4.74 Å². The lowest BCUT2D eigenvalue weighted by molar-refractivity contribution is -0.0348. The van der Waals surface area contributed by atoms with Crippen molar-refractivity contribution in [3.05, 3.63) is 84.6 Å². The van der Waals surface area contributed by atoms with Crippen molar-refractivity contribution in [1.82, 2.24) is 24.8 Å². The molecule has 0 unspecified atom stereocenters. The van der Waals surface area contributed by atoms with Crippen molar-refractivity contribution in [3.63, 3.8) is 0 Å². The summed E-state index contributed by atoms with van der Waals surface area (Å²) < 4.78 is 6.05. The molecule has 0 saturated carbocycles. The Morgan fingerprint density at radius 2 is 1.93 bits per heavy atom. The number of ether oxygens (including phenoxy) is 1. The zero-order valence-electron chi connectivity index (χ0n) is 16.5. The fraction of sp³-hybridized carbons (Fsp3) is 0.217. The number of pyridine rings is 2. The van der Waals surface area contributed by atoms with Crippen LogP contribution < -0.4 is 5.32 Å². The Morgan fingerprint density at radius 1 is 0.967 bits per heavy atom. The van der Waals surface area contributed by atoms with Gasteiger partial charge in [-0.3, -0.25) is 14.9 Å². The van der Waals surface area contributed by atoms with Crippen molar-refractivity contribution in [3.8, 4) is 0 Å². The van der Waals surface area contributed by atoms with Gasteiger partial charge in [0.15, 0.2) is 0 Å². The van der Waals surface area contributed by atoms with Crippen LogP contribution in [0.5, 0.6) is 0 Å². The first kappa shape index (κ1) is 18.6. The summed E-state index contributed by atoms with van der Waals surface area (Å²) in [6.07, 6.45) is 6.73. The monoisotopic (exact) mass is 398 g/mol. The second-order valence-corrected chi connectivity index (χ2v) is 7.25. The molecule has 1 aliphatic rings. The van der Waals surface area contributed by atoms with Crippen molar-refractivity contribution in [2.45, 2.75) is 12.6 Å². The van der Waals surface area contributed by atoms with Crippen molar-refractivity contribution in [1.29, 1.82) is 0 Å². The lowest BCUT2D eigenvalue weighted by Gasteiger charge is -2.33. The maximum Gasteiger partial charge on any atom is 0.150 e. The zero-order chi connectivity index (χ0) is 20.2. The Labute approximate surface area is 174 Å². The molecule has 4 aromatic rings. The van der Waals surface area contributed by atoms with Crippen LogP contribution in [-0.4, -0.2) is 44.5 Å². The minimum atomic E-state index is -0.0736. The number of anilines is 2. The van der Waals surface area contributed by atoms with E-state index in [1.54, 1.807) is 18.6 Å². The number of nitrogens with one attached hydrogen (secondary N) is 1. The van der Waals surface area contributed by atoms with E-state index in [0.717, 1.165) is 36.7 Å². The molecule has 1 N–H and O–H groups in total. The Kier molecular flexibility index (Phi) is 5.28. The minimum absolute atomic E-state index is 0.0736. The third kappa shape index (κ3) is 4.12. The highest BCUT2D eigenvalue weighted by atomic mass is 16.5. The Balaban J connectivity index is 1.31. The predicted molar refractivity (Wildman–Crippen MR) is 115 cm³/mol. The molecule has 7 nitrogen and oxygen atoms in total. The quantitative estimate of drug-likeness (QED) is 0.549. The lowest BCUT2D eigenvalue weighted by atomic mass is 10.1. The molecule has 7 heteroatoms. The topological polar surface area (TPSA) is 76.1 Å². The third-order valence-electron chi connectivity index (χ3n) is 5.20. The molecule has 5 rings (SSSR count). The van der Waals surface area contributed by atoms with E-state index in [-0.39, 0.29) is 6.10 Å². The Hall–Kier alpha value is -3.42. The maximum atomic E-state index is 6.05. The van der Waals surface area contributed by atoms with Gasteiger partial charge < -0.3 is 10.1 Å². The average Bonchev–Trinajstić information content (AvgIpc) is 2.80. The molecule has 0 spiro atoms. The minimum Gasteiger partial charge on any atom is -0.369 e. The molecule has 0 radical (unpaired) electrons. The van der Waals surface area contributed by atoms with E-state index in [4.69, 9.17) is 9.72 Å². The summed E-state index contributed by atoms with van der Waals surface area (Å²) in [6, 6.07) is 16.4. The van der Waals surface area contributed by atoms with Gasteiger partial charge in [-0.25, -0.2) is 9.97 Å². The molecule has 1 aliphatic heterocycles. The van der Waals surface area contributed by atoms with Crippen LogP contribution in [-0.2, 0) is 11.3 Å². The first-order valence-corrected chi connectivity index (χ1v) is 10.0. The van der Waals surface area contributed by atoms with Crippen molar-refractivity contribution >= 4 is 22.5 Å². The van der Waals surface area contributed by atoms with E-state index >= 15 is 0 Å². The molecule has 1 atom stereocenters. The fourth-order valence-electron chi connectivity index (χ4n) is 3.77. The van der Waals surface area contributed by atoms with Gasteiger partial charge in [-0.05, 0) is 29.8 Å². The molecule has 0 bridgehead atoms. The van der Waals surface area contributed by atoms with Crippen LogP contribution in [0, 0.1) is 0 Å². The van der Waals surface area contributed by atoms with Crippen LogP contribution in [0.15, 0.2) is 73.3 Å². The molecule has 4 heterocycles. The number of fused-ring (bicyclic) bond motifs is 1. The van der Waals surface area contributed by atoms with Crippen LogP contribution in [0.25, 0.3) is 10.9 Å². The Morgan fingerprint density at radius 3 is 2.87 bits per heavy atom. The van der Waals surface area contributed by atoms with Gasteiger partial charge in [0.25, 0.3) is 0 Å². The number of nitrogens with zero attached hydrogens (tertiary/aromatic N) is 5. The van der Waals surface area contributed by atoms with Gasteiger partial charge in [0.2, 0.25) is 0 Å². The van der Waals surface area contributed by atoms with E-state index in [1.165, 1.54) is 10.9 Å². The fourth-order valence-corrected chi connectivity index (χ4v) is 3.77. The SMILES string of the molecule is c1cc(Nc2cnccn2)nc([C@@H]2CN(Cc3cccc4ncccc34)CCO2)c1. The standard InChI is InChI=1S/C23H22N6O/c1-4-17(18-5-3-9-25-19(18)6-1)15-29-12-13-30-21(16-29)20-7-2-8-22(27-20)28-23-14-24-10-11-26-23/h1-11,14,21H,12-13,15-16H2,(H,26,27,28)/t21-/m0/s1. The molecular formula is C23H22N6O. The second-order valence-electron chi connectivity index (χ2n) is 7.25. The van der Waals surface area contributed by atoms with Crippen LogP contribution in [0.3, 0.4) is 0 Å². The van der Waals surface area contributed by atoms with E-state index in [2.05, 4.69) is 49.4 Å². The maximum absolute atomic E-state index is 6.05. The second kappa shape index (κ2) is 8.52. The summed E-state index contributed by atoms with van der Waals surface area (Å²) >= 11 is 0. The van der Waals surface area contributed by atoms with E-state index in [1.807, 2.05) is 30.5 Å². The van der Waals surface area contributed by atoms with E-state index < -0.39 is 0 Å². The third-order valence-corrected chi connectivity index (χ3v) is 5.20. The van der Waals surface area contributed by atoms with Gasteiger partial charge in [0, 0.05) is 43.6 Å². The summed E-state index contributed by atoms with van der Waals surface area (Å²) in [4.78, 5) is 19.9. The number of benzene rings is 1. The molecular weight excluding hydrogens is 376 g/mol. The van der Waals surface area contributed by atoms with E-state index in [0.29, 0.717) is 12.4 Å². The molecule has 0 aliphatic carbocycles. The van der Waals surface area contributed by atoms with Crippen LogP contribution >= 0.6 is 0 Å². The van der Waals surface area contributed by atoms with Gasteiger partial charge in [-0.15, -0.1) is 0 Å². The molecule has 1 aromatic carbocycles. The number of hydrogen-bond acceptors (Lipinski definition) is 7. The van der Waals surface area contributed by atoms with Crippen LogP contribution in [0.4, 0.5) is 11.6 Å². The number of hydrogen-bond donors (Lipinski definition) is 1. The summed E-state index contributed by atoms with van der Waals surface area (Å²) in [5.41, 5.74) is 3.23. The molecule has 3 aromatic heterocycles. The number of morpholine rings is 1. The number of aromatic nitrogens is 4. The van der Waals surface area contributed by atoms with Crippen molar-refractivity contribution in [2.75, 3.05) is 25.0 Å². The lowest BCUT2D eigenvalue weighted by Crippen LogP contribution is -2.38. The van der Waals surface area contributed by atoms with Gasteiger partial charge in [0.1, 0.15) is 17.7 Å². The molecule has 1 saturated heterocycles. The molecule has 150 valence electrons. The first-order chi connectivity index (χ1) is 14.8. The van der Waals surface area contributed by atoms with E-state index in [9.17, 15) is 0 Å². The number of rotatable bonds is 5. The summed E-state index contributed by atoms with van der Waals surface area (Å²) in [5, 5.41) is 4.40. The van der Waals surface area contributed by atoms with Gasteiger partial charge in [-0.2, -0.15) is 0 Å². The normalized spacial score (nSPS) is 17.1. The first-order valence-electron chi connectivity index (χ1n) is 10.0. The summed E-state index contributed by atoms with van der Waals surface area (Å²) in [6.45, 7) is 3.22. The molecule has 1 fully saturated rings. The zero-order valence-corrected chi connectivity index (χ0v) is 16.5. The van der Waals surface area contributed by atoms with Gasteiger partial charge in [-0.1, -0.05) is 24.3 Å². The van der Waals surface area contributed by atoms with Gasteiger partial charge in [0.05, 0.1) is 24.0 Å². The largest absolute Gasteiger partial charge is 0.369 e. The van der Waals surface area contributed by atoms with Crippen LogP contribution in [0.1, 0.15) is 17.4 Å².